The Balaban J connectivity index is 2.59. The summed E-state index contributed by atoms with van der Waals surface area (Å²) in [7, 11) is 0. The summed E-state index contributed by atoms with van der Waals surface area (Å²) in [5, 5.41) is 21.8. The summed E-state index contributed by atoms with van der Waals surface area (Å²) in [6, 6.07) is 12.1. The number of hydrogen-bond donors (Lipinski definition) is 2. The molecule has 0 spiro atoms. The number of aryl methyl sites for hydroxylation is 2. The van der Waals surface area contributed by atoms with Gasteiger partial charge in [-0.2, -0.15) is 0 Å². The quantitative estimate of drug-likeness (QED) is 0.510. The van der Waals surface area contributed by atoms with Crippen LogP contribution in [0.15, 0.2) is 47.6 Å². The fourth-order valence-corrected chi connectivity index (χ4v) is 2.03. The maximum Gasteiger partial charge on any atom is 0.336 e. The molecule has 0 aliphatic heterocycles. The van der Waals surface area contributed by atoms with Crippen LogP contribution in [0.3, 0.4) is 0 Å². The molecule has 2 aromatic rings. The smallest absolute Gasteiger partial charge is 0.336 e. The van der Waals surface area contributed by atoms with E-state index in [0.29, 0.717) is 11.1 Å². The minimum atomic E-state index is -1.05. The van der Waals surface area contributed by atoms with Crippen LogP contribution in [0.4, 0.5) is 0 Å². The van der Waals surface area contributed by atoms with E-state index < -0.39 is 5.97 Å². The van der Waals surface area contributed by atoms with Crippen molar-refractivity contribution in [1.29, 1.82) is 0 Å². The van der Waals surface area contributed by atoms with E-state index in [9.17, 15) is 15.1 Å². The van der Waals surface area contributed by atoms with Gasteiger partial charge in [-0.15, -0.1) is 0 Å². The number of oxime groups is 1. The summed E-state index contributed by atoms with van der Waals surface area (Å²) in [4.78, 5) is 11.3. The third-order valence-electron chi connectivity index (χ3n) is 3.29. The summed E-state index contributed by atoms with van der Waals surface area (Å²) in [5.41, 5.74) is 3.62. The van der Waals surface area contributed by atoms with Gasteiger partial charge in [0, 0.05) is 11.1 Å². The van der Waals surface area contributed by atoms with Crippen molar-refractivity contribution in [2.75, 3.05) is 0 Å². The fraction of sp³-hybridized carbons (Fsp3) is 0.125. The van der Waals surface area contributed by atoms with E-state index >= 15 is 0 Å². The van der Waals surface area contributed by atoms with E-state index in [1.807, 2.05) is 32.0 Å². The topological polar surface area (TPSA) is 69.9 Å². The molecule has 0 aliphatic carbocycles. The minimum Gasteiger partial charge on any atom is -0.478 e. The van der Waals surface area contributed by atoms with Crippen LogP contribution in [0.25, 0.3) is 0 Å². The average Bonchev–Trinajstić information content (AvgIpc) is 2.44. The molecule has 102 valence electrons. The lowest BCUT2D eigenvalue weighted by molar-refractivity contribution is 0.0696. The Morgan fingerprint density at radius 3 is 2.20 bits per heavy atom. The van der Waals surface area contributed by atoms with Crippen molar-refractivity contribution in [3.63, 3.8) is 0 Å². The van der Waals surface area contributed by atoms with Gasteiger partial charge in [0.1, 0.15) is 5.71 Å². The predicted molar refractivity (Wildman–Crippen MR) is 76.7 cm³/mol. The summed E-state index contributed by atoms with van der Waals surface area (Å²) in [6.45, 7) is 3.94. The van der Waals surface area contributed by atoms with E-state index in [1.54, 1.807) is 18.2 Å². The molecule has 0 aliphatic rings. The lowest BCUT2D eigenvalue weighted by atomic mass is 9.95. The second-order valence-electron chi connectivity index (χ2n) is 4.60. The molecule has 4 heteroatoms. The zero-order valence-corrected chi connectivity index (χ0v) is 11.3. The molecule has 0 fully saturated rings. The third-order valence-corrected chi connectivity index (χ3v) is 3.29. The predicted octanol–water partition coefficient (Wildman–Crippen LogP) is 3.23. The van der Waals surface area contributed by atoms with Crippen molar-refractivity contribution in [1.82, 2.24) is 0 Å². The monoisotopic (exact) mass is 269 g/mol. The maximum absolute atomic E-state index is 11.3. The molecular weight excluding hydrogens is 254 g/mol. The van der Waals surface area contributed by atoms with E-state index in [4.69, 9.17) is 0 Å². The molecule has 2 aromatic carbocycles. The van der Waals surface area contributed by atoms with E-state index in [0.717, 1.165) is 11.1 Å². The van der Waals surface area contributed by atoms with Crippen molar-refractivity contribution < 1.29 is 15.1 Å². The van der Waals surface area contributed by atoms with Gasteiger partial charge in [0.05, 0.1) is 5.56 Å². The second-order valence-corrected chi connectivity index (χ2v) is 4.60. The van der Waals surface area contributed by atoms with Gasteiger partial charge in [-0.05, 0) is 37.1 Å². The number of nitrogens with zero attached hydrogens (tertiary/aromatic N) is 1. The number of benzene rings is 2. The molecular formula is C16H15NO3. The van der Waals surface area contributed by atoms with Crippen LogP contribution in [0.5, 0.6) is 0 Å². The standard InChI is InChI=1S/C16H15NO3/c1-10-7-8-12(9-11(10)2)15(17-20)13-5-3-4-6-14(13)16(18)19/h3-9,20H,1-2H3,(H,18,19)/b17-15-. The van der Waals surface area contributed by atoms with Crippen molar-refractivity contribution in [2.24, 2.45) is 5.16 Å². The minimum absolute atomic E-state index is 0.110. The lowest BCUT2D eigenvalue weighted by Crippen LogP contribution is -2.11. The first kappa shape index (κ1) is 13.8. The Morgan fingerprint density at radius 2 is 1.65 bits per heavy atom. The second kappa shape index (κ2) is 5.57. The molecule has 0 bridgehead atoms. The summed E-state index contributed by atoms with van der Waals surface area (Å²) >= 11 is 0. The third kappa shape index (κ3) is 2.54. The van der Waals surface area contributed by atoms with E-state index in [1.165, 1.54) is 6.07 Å². The van der Waals surface area contributed by atoms with Crippen molar-refractivity contribution in [3.05, 3.63) is 70.3 Å². The average molecular weight is 269 g/mol. The Kier molecular flexibility index (Phi) is 3.84. The van der Waals surface area contributed by atoms with Crippen molar-refractivity contribution in [2.45, 2.75) is 13.8 Å². The highest BCUT2D eigenvalue weighted by Gasteiger charge is 2.16. The first-order chi connectivity index (χ1) is 9.54. The highest BCUT2D eigenvalue weighted by molar-refractivity contribution is 6.17. The van der Waals surface area contributed by atoms with Crippen LogP contribution >= 0.6 is 0 Å². The van der Waals surface area contributed by atoms with Gasteiger partial charge in [0.2, 0.25) is 0 Å². The molecule has 2 N–H and O–H groups in total. The van der Waals surface area contributed by atoms with Gasteiger partial charge in [0.15, 0.2) is 0 Å². The number of carbonyl (C=O) groups is 1. The van der Waals surface area contributed by atoms with Gasteiger partial charge in [-0.3, -0.25) is 0 Å². The van der Waals surface area contributed by atoms with Gasteiger partial charge < -0.3 is 10.3 Å². The zero-order chi connectivity index (χ0) is 14.7. The largest absolute Gasteiger partial charge is 0.478 e. The lowest BCUT2D eigenvalue weighted by Gasteiger charge is -2.10. The Hall–Kier alpha value is -2.62. The van der Waals surface area contributed by atoms with Crippen LogP contribution in [0, 0.1) is 13.8 Å². The van der Waals surface area contributed by atoms with E-state index in [-0.39, 0.29) is 11.3 Å². The molecule has 4 nitrogen and oxygen atoms in total. The maximum atomic E-state index is 11.3. The molecule has 0 atom stereocenters. The first-order valence-corrected chi connectivity index (χ1v) is 6.17. The molecule has 0 amide bonds. The Morgan fingerprint density at radius 1 is 1.00 bits per heavy atom. The van der Waals surface area contributed by atoms with Crippen LogP contribution in [-0.4, -0.2) is 22.0 Å². The van der Waals surface area contributed by atoms with Gasteiger partial charge in [-0.25, -0.2) is 4.79 Å². The van der Waals surface area contributed by atoms with Crippen molar-refractivity contribution >= 4 is 11.7 Å². The SMILES string of the molecule is Cc1ccc(/C(=N/O)c2ccccc2C(=O)O)cc1C. The van der Waals surface area contributed by atoms with Crippen molar-refractivity contribution in [3.8, 4) is 0 Å². The first-order valence-electron chi connectivity index (χ1n) is 6.17. The van der Waals surface area contributed by atoms with Crippen LogP contribution in [0.2, 0.25) is 0 Å². The highest BCUT2D eigenvalue weighted by Crippen LogP contribution is 2.18. The number of rotatable bonds is 3. The number of hydrogen-bond acceptors (Lipinski definition) is 3. The molecule has 0 radical (unpaired) electrons. The summed E-state index contributed by atoms with van der Waals surface area (Å²) in [6.07, 6.45) is 0. The highest BCUT2D eigenvalue weighted by atomic mass is 16.4. The molecule has 2 rings (SSSR count). The molecule has 0 unspecified atom stereocenters. The summed E-state index contributed by atoms with van der Waals surface area (Å²) < 4.78 is 0. The number of carboxylic acids is 1. The summed E-state index contributed by atoms with van der Waals surface area (Å²) in [5.74, 6) is -1.05. The number of carboxylic acid groups (broad SMARTS) is 1. The van der Waals surface area contributed by atoms with Gasteiger partial charge in [-0.1, -0.05) is 35.5 Å². The Labute approximate surface area is 117 Å². The molecule has 0 aromatic heterocycles. The van der Waals surface area contributed by atoms with E-state index in [2.05, 4.69) is 5.16 Å². The van der Waals surface area contributed by atoms with Gasteiger partial charge in [0.25, 0.3) is 0 Å². The van der Waals surface area contributed by atoms with Gasteiger partial charge >= 0.3 is 5.97 Å². The van der Waals surface area contributed by atoms with Crippen LogP contribution in [0.1, 0.15) is 32.6 Å². The fourth-order valence-electron chi connectivity index (χ4n) is 2.03. The van der Waals surface area contributed by atoms with Crippen LogP contribution in [-0.2, 0) is 0 Å². The molecule has 0 saturated heterocycles. The molecule has 0 heterocycles. The molecule has 20 heavy (non-hydrogen) atoms. The normalized spacial score (nSPS) is 11.4. The molecule has 0 saturated carbocycles. The van der Waals surface area contributed by atoms with Crippen LogP contribution < -0.4 is 0 Å². The zero-order valence-electron chi connectivity index (χ0n) is 11.3. The Bertz CT molecular complexity index is 690. The number of aromatic carboxylic acids is 1.